The van der Waals surface area contributed by atoms with Crippen molar-refractivity contribution in [1.82, 2.24) is 5.32 Å². The van der Waals surface area contributed by atoms with Crippen molar-refractivity contribution < 1.29 is 4.79 Å². The third kappa shape index (κ3) is 2.88. The Morgan fingerprint density at radius 2 is 1.95 bits per heavy atom. The van der Waals surface area contributed by atoms with E-state index in [0.29, 0.717) is 18.4 Å². The molecule has 108 valence electrons. The molecule has 20 heavy (non-hydrogen) atoms. The van der Waals surface area contributed by atoms with E-state index in [1.807, 2.05) is 6.07 Å². The minimum absolute atomic E-state index is 0.130. The average Bonchev–Trinajstić information content (AvgIpc) is 3.21. The SMILES string of the molecule is NCC1CCCC1C(=O)NC(c1ccccc1)C1CC1. The predicted octanol–water partition coefficient (Wildman–Crippen LogP) is 2.63. The normalized spacial score (nSPS) is 27.2. The molecule has 0 spiro atoms. The molecular formula is C17H24N2O. The van der Waals surface area contributed by atoms with E-state index in [2.05, 4.69) is 29.6 Å². The quantitative estimate of drug-likeness (QED) is 0.865. The Kier molecular flexibility index (Phi) is 4.06. The second-order valence-corrected chi connectivity index (χ2v) is 6.27. The Labute approximate surface area is 120 Å². The summed E-state index contributed by atoms with van der Waals surface area (Å²) >= 11 is 0. The Morgan fingerprint density at radius 3 is 2.60 bits per heavy atom. The second kappa shape index (κ2) is 5.96. The van der Waals surface area contributed by atoms with E-state index < -0.39 is 0 Å². The highest BCUT2D eigenvalue weighted by Gasteiger charge is 2.37. The minimum Gasteiger partial charge on any atom is -0.349 e. The zero-order valence-corrected chi connectivity index (χ0v) is 11.9. The lowest BCUT2D eigenvalue weighted by Gasteiger charge is -2.23. The summed E-state index contributed by atoms with van der Waals surface area (Å²) in [5.41, 5.74) is 7.04. The van der Waals surface area contributed by atoms with Crippen molar-refractivity contribution >= 4 is 5.91 Å². The van der Waals surface area contributed by atoms with Gasteiger partial charge in [0, 0.05) is 5.92 Å². The molecule has 3 N–H and O–H groups in total. The van der Waals surface area contributed by atoms with Crippen molar-refractivity contribution in [2.24, 2.45) is 23.5 Å². The standard InChI is InChI=1S/C17H24N2O/c18-11-14-7-4-8-15(14)17(20)19-16(13-9-10-13)12-5-2-1-3-6-12/h1-3,5-6,13-16H,4,7-11,18H2,(H,19,20). The summed E-state index contributed by atoms with van der Waals surface area (Å²) < 4.78 is 0. The molecule has 0 radical (unpaired) electrons. The van der Waals surface area contributed by atoms with Crippen LogP contribution in [0.2, 0.25) is 0 Å². The summed E-state index contributed by atoms with van der Waals surface area (Å²) in [6.07, 6.45) is 5.70. The lowest BCUT2D eigenvalue weighted by atomic mass is 9.94. The molecule has 2 fully saturated rings. The number of nitrogens with one attached hydrogen (secondary N) is 1. The molecule has 3 nitrogen and oxygen atoms in total. The Bertz CT molecular complexity index is 455. The summed E-state index contributed by atoms with van der Waals surface area (Å²) in [4.78, 5) is 12.6. The smallest absolute Gasteiger partial charge is 0.223 e. The van der Waals surface area contributed by atoms with Gasteiger partial charge in [-0.05, 0) is 49.6 Å². The van der Waals surface area contributed by atoms with Crippen LogP contribution in [0.4, 0.5) is 0 Å². The molecule has 0 saturated heterocycles. The first-order valence-corrected chi connectivity index (χ1v) is 7.85. The van der Waals surface area contributed by atoms with Gasteiger partial charge >= 0.3 is 0 Å². The van der Waals surface area contributed by atoms with Crippen LogP contribution in [0.1, 0.15) is 43.7 Å². The van der Waals surface area contributed by atoms with Gasteiger partial charge in [-0.2, -0.15) is 0 Å². The molecule has 1 amide bonds. The first-order valence-electron chi connectivity index (χ1n) is 7.85. The highest BCUT2D eigenvalue weighted by Crippen LogP contribution is 2.41. The molecule has 3 heteroatoms. The van der Waals surface area contributed by atoms with Crippen LogP contribution >= 0.6 is 0 Å². The largest absolute Gasteiger partial charge is 0.349 e. The summed E-state index contributed by atoms with van der Waals surface area (Å²) in [5, 5.41) is 3.31. The van der Waals surface area contributed by atoms with Crippen LogP contribution in [0.15, 0.2) is 30.3 Å². The number of amides is 1. The van der Waals surface area contributed by atoms with Gasteiger partial charge in [-0.25, -0.2) is 0 Å². The summed E-state index contributed by atoms with van der Waals surface area (Å²) in [6.45, 7) is 0.636. The van der Waals surface area contributed by atoms with E-state index in [1.165, 1.54) is 18.4 Å². The van der Waals surface area contributed by atoms with Gasteiger partial charge in [-0.1, -0.05) is 36.8 Å². The zero-order chi connectivity index (χ0) is 13.9. The van der Waals surface area contributed by atoms with Crippen molar-refractivity contribution in [2.75, 3.05) is 6.54 Å². The molecule has 2 aliphatic rings. The molecule has 3 unspecified atom stereocenters. The predicted molar refractivity (Wildman–Crippen MR) is 79.9 cm³/mol. The average molecular weight is 272 g/mol. The Hall–Kier alpha value is -1.35. The van der Waals surface area contributed by atoms with E-state index in [-0.39, 0.29) is 17.9 Å². The fourth-order valence-electron chi connectivity index (χ4n) is 3.49. The number of carbonyl (C=O) groups is 1. The van der Waals surface area contributed by atoms with Gasteiger partial charge in [0.05, 0.1) is 6.04 Å². The van der Waals surface area contributed by atoms with Crippen molar-refractivity contribution in [2.45, 2.75) is 38.1 Å². The molecule has 2 aliphatic carbocycles. The molecule has 3 atom stereocenters. The van der Waals surface area contributed by atoms with Crippen LogP contribution in [0.5, 0.6) is 0 Å². The second-order valence-electron chi connectivity index (χ2n) is 6.27. The molecule has 1 aromatic carbocycles. The van der Waals surface area contributed by atoms with Crippen LogP contribution in [0.3, 0.4) is 0 Å². The van der Waals surface area contributed by atoms with Crippen molar-refractivity contribution in [1.29, 1.82) is 0 Å². The van der Waals surface area contributed by atoms with Crippen molar-refractivity contribution in [3.05, 3.63) is 35.9 Å². The van der Waals surface area contributed by atoms with Crippen molar-refractivity contribution in [3.63, 3.8) is 0 Å². The molecule has 0 bridgehead atoms. The number of rotatable bonds is 5. The molecule has 0 aliphatic heterocycles. The molecule has 1 aromatic rings. The van der Waals surface area contributed by atoms with Crippen LogP contribution in [0.25, 0.3) is 0 Å². The third-order valence-electron chi connectivity index (χ3n) is 4.85. The summed E-state index contributed by atoms with van der Waals surface area (Å²) in [6, 6.07) is 10.6. The summed E-state index contributed by atoms with van der Waals surface area (Å²) in [5.74, 6) is 1.35. The maximum atomic E-state index is 12.6. The molecule has 2 saturated carbocycles. The molecule has 3 rings (SSSR count). The van der Waals surface area contributed by atoms with Crippen LogP contribution in [-0.2, 0) is 4.79 Å². The Morgan fingerprint density at radius 1 is 1.20 bits per heavy atom. The van der Waals surface area contributed by atoms with E-state index in [9.17, 15) is 4.79 Å². The fourth-order valence-corrected chi connectivity index (χ4v) is 3.49. The van der Waals surface area contributed by atoms with Gasteiger partial charge in [0.2, 0.25) is 5.91 Å². The third-order valence-corrected chi connectivity index (χ3v) is 4.85. The topological polar surface area (TPSA) is 55.1 Å². The van der Waals surface area contributed by atoms with Crippen molar-refractivity contribution in [3.8, 4) is 0 Å². The van der Waals surface area contributed by atoms with Gasteiger partial charge in [0.25, 0.3) is 0 Å². The molecule has 0 aromatic heterocycles. The van der Waals surface area contributed by atoms with Gasteiger partial charge in [-0.15, -0.1) is 0 Å². The van der Waals surface area contributed by atoms with E-state index in [0.717, 1.165) is 19.3 Å². The number of nitrogens with two attached hydrogens (primary N) is 1. The lowest BCUT2D eigenvalue weighted by Crippen LogP contribution is -2.38. The first kappa shape index (κ1) is 13.6. The number of carbonyl (C=O) groups excluding carboxylic acids is 1. The molecular weight excluding hydrogens is 248 g/mol. The fraction of sp³-hybridized carbons (Fsp3) is 0.588. The van der Waals surface area contributed by atoms with Gasteiger partial charge in [0.15, 0.2) is 0 Å². The Balaban J connectivity index is 1.69. The van der Waals surface area contributed by atoms with E-state index in [1.54, 1.807) is 0 Å². The summed E-state index contributed by atoms with van der Waals surface area (Å²) in [7, 11) is 0. The molecule has 0 heterocycles. The van der Waals surface area contributed by atoms with Gasteiger partial charge in [0.1, 0.15) is 0 Å². The van der Waals surface area contributed by atoms with E-state index >= 15 is 0 Å². The van der Waals surface area contributed by atoms with Gasteiger partial charge in [-0.3, -0.25) is 4.79 Å². The monoisotopic (exact) mass is 272 g/mol. The van der Waals surface area contributed by atoms with Crippen LogP contribution < -0.4 is 11.1 Å². The highest BCUT2D eigenvalue weighted by atomic mass is 16.2. The maximum Gasteiger partial charge on any atom is 0.223 e. The van der Waals surface area contributed by atoms with E-state index in [4.69, 9.17) is 5.73 Å². The first-order chi connectivity index (χ1) is 9.79. The van der Waals surface area contributed by atoms with Gasteiger partial charge < -0.3 is 11.1 Å². The van der Waals surface area contributed by atoms with Crippen LogP contribution in [-0.4, -0.2) is 12.5 Å². The number of benzene rings is 1. The zero-order valence-electron chi connectivity index (χ0n) is 11.9. The van der Waals surface area contributed by atoms with Crippen LogP contribution in [0, 0.1) is 17.8 Å². The highest BCUT2D eigenvalue weighted by molar-refractivity contribution is 5.79. The number of hydrogen-bond donors (Lipinski definition) is 2. The lowest BCUT2D eigenvalue weighted by molar-refractivity contribution is -0.126. The maximum absolute atomic E-state index is 12.6. The minimum atomic E-state index is 0.130. The number of hydrogen-bond acceptors (Lipinski definition) is 2.